The minimum Gasteiger partial charge on any atom is -0.396 e. The van der Waals surface area contributed by atoms with Crippen LogP contribution in [-0.4, -0.2) is 39.7 Å². The van der Waals surface area contributed by atoms with E-state index in [0.717, 1.165) is 0 Å². The summed E-state index contributed by atoms with van der Waals surface area (Å²) in [7, 11) is 0. The molecule has 1 atom stereocenters. The molecule has 0 aromatic heterocycles. The largest absolute Gasteiger partial charge is 0.396 e. The Morgan fingerprint density at radius 3 is 2.12 bits per heavy atom. The lowest BCUT2D eigenvalue weighted by atomic mass is 9.80. The van der Waals surface area contributed by atoms with Gasteiger partial charge in [0, 0.05) is 13.5 Å². The van der Waals surface area contributed by atoms with Crippen molar-refractivity contribution in [2.24, 2.45) is 0 Å². The van der Waals surface area contributed by atoms with E-state index in [4.69, 9.17) is 5.11 Å². The van der Waals surface area contributed by atoms with Crippen molar-refractivity contribution in [2.75, 3.05) is 6.61 Å². The zero-order chi connectivity index (χ0) is 13.0. The second kappa shape index (κ2) is 5.41. The maximum atomic E-state index is 11.3. The van der Waals surface area contributed by atoms with Crippen LogP contribution in [0.4, 0.5) is 0 Å². The van der Waals surface area contributed by atoms with Gasteiger partial charge in [-0.15, -0.1) is 0 Å². The van der Waals surface area contributed by atoms with Crippen LogP contribution in [-0.2, 0) is 9.59 Å². The molecule has 0 saturated carbocycles. The average molecular weight is 231 g/mol. The Morgan fingerprint density at radius 1 is 1.25 bits per heavy atom. The van der Waals surface area contributed by atoms with Gasteiger partial charge in [-0.25, -0.2) is 0 Å². The maximum Gasteiger partial charge on any atom is 0.287 e. The Hall–Kier alpha value is -0.940. The fraction of sp³-hybridized carbons (Fsp3) is 0.818. The average Bonchev–Trinajstić information content (AvgIpc) is 2.13. The van der Waals surface area contributed by atoms with Gasteiger partial charge < -0.3 is 15.5 Å². The zero-order valence-corrected chi connectivity index (χ0v) is 10.3. The Bertz CT molecular complexity index is 271. The van der Waals surface area contributed by atoms with Crippen LogP contribution in [0.5, 0.6) is 0 Å². The summed E-state index contributed by atoms with van der Waals surface area (Å²) in [6, 6.07) is 0. The number of ketones is 1. The molecule has 0 fully saturated rings. The molecule has 5 heteroatoms. The summed E-state index contributed by atoms with van der Waals surface area (Å²) >= 11 is 0. The van der Waals surface area contributed by atoms with Gasteiger partial charge in [-0.05, 0) is 33.6 Å². The highest BCUT2D eigenvalue weighted by Crippen LogP contribution is 2.26. The second-order valence-corrected chi connectivity index (χ2v) is 4.74. The third-order valence-corrected chi connectivity index (χ3v) is 2.91. The lowest BCUT2D eigenvalue weighted by molar-refractivity contribution is -0.140. The topological polar surface area (TPSA) is 86.6 Å². The van der Waals surface area contributed by atoms with Crippen molar-refractivity contribution in [1.29, 1.82) is 0 Å². The second-order valence-electron chi connectivity index (χ2n) is 4.74. The normalized spacial score (nSPS) is 15.4. The SMILES string of the molecule is CC(=O)C(=O)NC(C)(C)C(C)(O)CCCO. The number of Topliss-reactive ketones (excluding diaryl/α,β-unsaturated/α-hetero) is 1. The predicted octanol–water partition coefficient (Wildman–Crippen LogP) is -0.00630. The van der Waals surface area contributed by atoms with Gasteiger partial charge >= 0.3 is 0 Å². The fourth-order valence-corrected chi connectivity index (χ4v) is 1.24. The van der Waals surface area contributed by atoms with Crippen LogP contribution >= 0.6 is 0 Å². The van der Waals surface area contributed by atoms with Crippen LogP contribution < -0.4 is 5.32 Å². The molecule has 0 aliphatic carbocycles. The highest BCUT2D eigenvalue weighted by Gasteiger charge is 2.40. The number of rotatable bonds is 6. The molecule has 0 heterocycles. The van der Waals surface area contributed by atoms with E-state index in [1.807, 2.05) is 0 Å². The van der Waals surface area contributed by atoms with Gasteiger partial charge in [-0.3, -0.25) is 9.59 Å². The summed E-state index contributed by atoms with van der Waals surface area (Å²) in [5, 5.41) is 21.4. The lowest BCUT2D eigenvalue weighted by Gasteiger charge is -2.40. The van der Waals surface area contributed by atoms with Gasteiger partial charge in [0.15, 0.2) is 0 Å². The highest BCUT2D eigenvalue weighted by atomic mass is 16.3. The molecule has 0 spiro atoms. The van der Waals surface area contributed by atoms with Crippen molar-refractivity contribution in [3.8, 4) is 0 Å². The number of hydrogen-bond acceptors (Lipinski definition) is 4. The van der Waals surface area contributed by atoms with E-state index >= 15 is 0 Å². The molecule has 0 aromatic carbocycles. The first-order valence-corrected chi connectivity index (χ1v) is 5.30. The fourth-order valence-electron chi connectivity index (χ4n) is 1.24. The maximum absolute atomic E-state index is 11.3. The van der Waals surface area contributed by atoms with Gasteiger partial charge in [0.05, 0.1) is 11.1 Å². The Balaban J connectivity index is 4.62. The minimum atomic E-state index is -1.18. The summed E-state index contributed by atoms with van der Waals surface area (Å²) in [6.45, 7) is 6.01. The summed E-state index contributed by atoms with van der Waals surface area (Å²) in [6.07, 6.45) is 0.779. The molecule has 0 bridgehead atoms. The molecule has 0 radical (unpaired) electrons. The molecule has 0 aromatic rings. The van der Waals surface area contributed by atoms with E-state index in [1.165, 1.54) is 6.92 Å². The van der Waals surface area contributed by atoms with Crippen LogP contribution in [0, 0.1) is 0 Å². The van der Waals surface area contributed by atoms with Crippen molar-refractivity contribution in [2.45, 2.75) is 51.7 Å². The first-order valence-electron chi connectivity index (χ1n) is 5.30. The highest BCUT2D eigenvalue weighted by molar-refractivity contribution is 6.35. The van der Waals surface area contributed by atoms with Crippen LogP contribution in [0.1, 0.15) is 40.5 Å². The van der Waals surface area contributed by atoms with E-state index in [-0.39, 0.29) is 6.61 Å². The van der Waals surface area contributed by atoms with Gasteiger partial charge in [-0.2, -0.15) is 0 Å². The molecule has 0 aliphatic rings. The molecule has 3 N–H and O–H groups in total. The van der Waals surface area contributed by atoms with E-state index in [2.05, 4.69) is 5.32 Å². The first kappa shape index (κ1) is 15.1. The molecule has 5 nitrogen and oxygen atoms in total. The van der Waals surface area contributed by atoms with Gasteiger partial charge in [0.2, 0.25) is 5.78 Å². The summed E-state index contributed by atoms with van der Waals surface area (Å²) in [4.78, 5) is 22.1. The molecule has 1 amide bonds. The molecule has 94 valence electrons. The van der Waals surface area contributed by atoms with Crippen molar-refractivity contribution in [3.63, 3.8) is 0 Å². The van der Waals surface area contributed by atoms with E-state index < -0.39 is 22.8 Å². The van der Waals surface area contributed by atoms with E-state index in [0.29, 0.717) is 12.8 Å². The summed E-state index contributed by atoms with van der Waals surface area (Å²) in [5.74, 6) is -1.31. The van der Waals surface area contributed by atoms with Crippen molar-refractivity contribution >= 4 is 11.7 Å². The molecule has 0 saturated heterocycles. The molecule has 0 rings (SSSR count). The predicted molar refractivity (Wildman–Crippen MR) is 59.8 cm³/mol. The Morgan fingerprint density at radius 2 is 1.75 bits per heavy atom. The smallest absolute Gasteiger partial charge is 0.287 e. The van der Waals surface area contributed by atoms with E-state index in [1.54, 1.807) is 20.8 Å². The van der Waals surface area contributed by atoms with Crippen LogP contribution in [0.25, 0.3) is 0 Å². The minimum absolute atomic E-state index is 0.0209. The van der Waals surface area contributed by atoms with Crippen LogP contribution in [0.3, 0.4) is 0 Å². The van der Waals surface area contributed by atoms with Crippen molar-refractivity contribution in [3.05, 3.63) is 0 Å². The van der Waals surface area contributed by atoms with Gasteiger partial charge in [-0.1, -0.05) is 0 Å². The standard InChI is InChI=1S/C11H21NO4/c1-8(14)9(15)12-10(2,3)11(4,16)6-5-7-13/h13,16H,5-7H2,1-4H3,(H,12,15). The summed E-state index contributed by atoms with van der Waals surface area (Å²) in [5.41, 5.74) is -2.11. The molecule has 1 unspecified atom stereocenters. The number of aliphatic hydroxyl groups excluding tert-OH is 1. The summed E-state index contributed by atoms with van der Waals surface area (Å²) < 4.78 is 0. The molecular formula is C11H21NO4. The van der Waals surface area contributed by atoms with Gasteiger partial charge in [0.25, 0.3) is 5.91 Å². The number of amides is 1. The molecular weight excluding hydrogens is 210 g/mol. The lowest BCUT2D eigenvalue weighted by Crippen LogP contribution is -2.60. The zero-order valence-electron chi connectivity index (χ0n) is 10.3. The third kappa shape index (κ3) is 3.90. The molecule has 0 aliphatic heterocycles. The number of nitrogens with one attached hydrogen (secondary N) is 1. The Labute approximate surface area is 95.9 Å². The number of carbonyl (C=O) groups is 2. The monoisotopic (exact) mass is 231 g/mol. The number of carbonyl (C=O) groups excluding carboxylic acids is 2. The third-order valence-electron chi connectivity index (χ3n) is 2.91. The Kier molecular flexibility index (Phi) is 5.09. The van der Waals surface area contributed by atoms with Crippen LogP contribution in [0.15, 0.2) is 0 Å². The van der Waals surface area contributed by atoms with Crippen molar-refractivity contribution < 1.29 is 19.8 Å². The first-order chi connectivity index (χ1) is 7.14. The quantitative estimate of drug-likeness (QED) is 0.561. The van der Waals surface area contributed by atoms with Crippen LogP contribution in [0.2, 0.25) is 0 Å². The number of aliphatic hydroxyl groups is 2. The van der Waals surface area contributed by atoms with Gasteiger partial charge in [0.1, 0.15) is 0 Å². The van der Waals surface area contributed by atoms with Crippen molar-refractivity contribution in [1.82, 2.24) is 5.32 Å². The molecule has 16 heavy (non-hydrogen) atoms. The number of hydrogen-bond donors (Lipinski definition) is 3. The van der Waals surface area contributed by atoms with E-state index in [9.17, 15) is 14.7 Å².